The van der Waals surface area contributed by atoms with E-state index in [2.05, 4.69) is 13.8 Å². The van der Waals surface area contributed by atoms with Gasteiger partial charge in [0, 0.05) is 25.4 Å². The number of carbonyl (C=O) groups is 2. The van der Waals surface area contributed by atoms with Gasteiger partial charge in [0.1, 0.15) is 0 Å². The molecule has 1 N–H and O–H groups in total. The number of unbranched alkanes of at least 4 members (excludes halogenated alkanes) is 9. The predicted molar refractivity (Wildman–Crippen MR) is 113 cm³/mol. The molecular weight excluding hydrogens is 356 g/mol. The fourth-order valence-corrected chi connectivity index (χ4v) is 3.07. The van der Waals surface area contributed by atoms with Crippen LogP contribution in [-0.2, 0) is 19.1 Å². The second-order valence-electron chi connectivity index (χ2n) is 7.78. The minimum absolute atomic E-state index is 0.0135. The van der Waals surface area contributed by atoms with E-state index in [1.54, 1.807) is 0 Å². The van der Waals surface area contributed by atoms with E-state index in [0.717, 1.165) is 38.5 Å². The Bertz CT molecular complexity index is 340. The van der Waals surface area contributed by atoms with E-state index in [0.29, 0.717) is 32.5 Å². The lowest BCUT2D eigenvalue weighted by Gasteiger charge is -2.17. The number of aliphatic hydroxyl groups excluding tert-OH is 1. The van der Waals surface area contributed by atoms with Crippen molar-refractivity contribution >= 4 is 11.9 Å². The highest BCUT2D eigenvalue weighted by Crippen LogP contribution is 2.13. The molecule has 0 aliphatic heterocycles. The van der Waals surface area contributed by atoms with Crippen LogP contribution in [0.15, 0.2) is 0 Å². The number of hydrogen-bond acceptors (Lipinski definition) is 5. The van der Waals surface area contributed by atoms with Gasteiger partial charge in [0.15, 0.2) is 0 Å². The third-order valence-corrected chi connectivity index (χ3v) is 4.95. The second-order valence-corrected chi connectivity index (χ2v) is 7.78. The fraction of sp³-hybridized carbons (Fsp3) is 0.913. The summed E-state index contributed by atoms with van der Waals surface area (Å²) in [6.07, 6.45) is 14.3. The minimum Gasteiger partial charge on any atom is -0.465 e. The maximum absolute atomic E-state index is 11.9. The molecule has 0 atom stereocenters. The molecule has 0 unspecified atom stereocenters. The third kappa shape index (κ3) is 18.3. The Morgan fingerprint density at radius 1 is 0.679 bits per heavy atom. The average molecular weight is 401 g/mol. The van der Waals surface area contributed by atoms with Crippen LogP contribution in [0.2, 0.25) is 0 Å². The summed E-state index contributed by atoms with van der Waals surface area (Å²) in [7, 11) is 0. The summed E-state index contributed by atoms with van der Waals surface area (Å²) in [5.41, 5.74) is 0. The van der Waals surface area contributed by atoms with Gasteiger partial charge in [-0.15, -0.1) is 0 Å². The quantitative estimate of drug-likeness (QED) is 0.213. The van der Waals surface area contributed by atoms with Crippen LogP contribution in [0.5, 0.6) is 0 Å². The monoisotopic (exact) mass is 400 g/mol. The van der Waals surface area contributed by atoms with E-state index < -0.39 is 0 Å². The molecule has 5 nitrogen and oxygen atoms in total. The normalized spacial score (nSPS) is 11.0. The van der Waals surface area contributed by atoms with Crippen LogP contribution in [0.1, 0.15) is 110 Å². The van der Waals surface area contributed by atoms with E-state index in [-0.39, 0.29) is 24.5 Å². The summed E-state index contributed by atoms with van der Waals surface area (Å²) in [6, 6.07) is 0. The van der Waals surface area contributed by atoms with Crippen molar-refractivity contribution in [1.29, 1.82) is 0 Å². The number of aliphatic hydroxyl groups is 1. The Morgan fingerprint density at radius 3 is 1.57 bits per heavy atom. The molecule has 0 bridgehead atoms. The summed E-state index contributed by atoms with van der Waals surface area (Å²) in [4.78, 5) is 23.8. The van der Waals surface area contributed by atoms with Gasteiger partial charge in [-0.1, -0.05) is 71.6 Å². The molecule has 0 fully saturated rings. The molecule has 0 aromatic carbocycles. The molecule has 0 aliphatic rings. The first kappa shape index (κ1) is 26.9. The molecule has 0 saturated heterocycles. The first-order valence-electron chi connectivity index (χ1n) is 11.6. The minimum atomic E-state index is -0.161. The molecule has 28 heavy (non-hydrogen) atoms. The Hall–Kier alpha value is -1.10. The lowest BCUT2D eigenvalue weighted by molar-refractivity contribution is -0.149. The zero-order valence-corrected chi connectivity index (χ0v) is 18.4. The van der Waals surface area contributed by atoms with Crippen molar-refractivity contribution in [3.8, 4) is 0 Å². The van der Waals surface area contributed by atoms with Crippen molar-refractivity contribution in [3.05, 3.63) is 0 Å². The van der Waals surface area contributed by atoms with E-state index in [1.807, 2.05) is 0 Å². The third-order valence-electron chi connectivity index (χ3n) is 4.95. The Kier molecular flexibility index (Phi) is 19.8. The maximum atomic E-state index is 11.9. The lowest BCUT2D eigenvalue weighted by atomic mass is 10.0. The molecule has 0 rings (SSSR count). The summed E-state index contributed by atoms with van der Waals surface area (Å²) < 4.78 is 10.8. The number of carbonyl (C=O) groups excluding carboxylic acids is 2. The number of rotatable bonds is 20. The standard InChI is InChI=1S/C23H44O5/c1-3-5-7-9-11-16-22(25)27-19-21(15-13-14-18-24)20-28-23(26)17-12-10-8-6-4-2/h21,24H,3-20H2,1-2H3. The topological polar surface area (TPSA) is 72.8 Å². The van der Waals surface area contributed by atoms with Crippen molar-refractivity contribution in [2.75, 3.05) is 19.8 Å². The zero-order valence-electron chi connectivity index (χ0n) is 18.4. The molecule has 0 radical (unpaired) electrons. The first-order chi connectivity index (χ1) is 13.6. The average Bonchev–Trinajstić information content (AvgIpc) is 2.69. The molecular formula is C23H44O5. The van der Waals surface area contributed by atoms with Crippen LogP contribution in [0.25, 0.3) is 0 Å². The first-order valence-corrected chi connectivity index (χ1v) is 11.6. The summed E-state index contributed by atoms with van der Waals surface area (Å²) in [6.45, 7) is 5.09. The second kappa shape index (κ2) is 20.6. The van der Waals surface area contributed by atoms with Gasteiger partial charge in [-0.3, -0.25) is 9.59 Å². The van der Waals surface area contributed by atoms with Crippen molar-refractivity contribution in [2.45, 2.75) is 110 Å². The molecule has 166 valence electrons. The largest absolute Gasteiger partial charge is 0.465 e. The molecule has 5 heteroatoms. The van der Waals surface area contributed by atoms with Gasteiger partial charge in [-0.05, 0) is 25.7 Å². The molecule has 0 aromatic rings. The summed E-state index contributed by atoms with van der Waals surface area (Å²) in [5.74, 6) is -0.309. The van der Waals surface area contributed by atoms with Gasteiger partial charge in [-0.25, -0.2) is 0 Å². The van der Waals surface area contributed by atoms with Crippen molar-refractivity contribution in [1.82, 2.24) is 0 Å². The Labute approximate surface area is 172 Å². The van der Waals surface area contributed by atoms with Crippen LogP contribution in [0.4, 0.5) is 0 Å². The molecule has 0 saturated carbocycles. The SMILES string of the molecule is CCCCCCCC(=O)OCC(CCCCO)COC(=O)CCCCCCC. The van der Waals surface area contributed by atoms with Crippen LogP contribution >= 0.6 is 0 Å². The number of hydrogen-bond donors (Lipinski definition) is 1. The highest BCUT2D eigenvalue weighted by Gasteiger charge is 2.15. The lowest BCUT2D eigenvalue weighted by Crippen LogP contribution is -2.21. The van der Waals surface area contributed by atoms with E-state index in [4.69, 9.17) is 14.6 Å². The predicted octanol–water partition coefficient (Wildman–Crippen LogP) is 5.57. The molecule has 0 spiro atoms. The van der Waals surface area contributed by atoms with Gasteiger partial charge < -0.3 is 14.6 Å². The number of ether oxygens (including phenoxy) is 2. The smallest absolute Gasteiger partial charge is 0.305 e. The van der Waals surface area contributed by atoms with Crippen LogP contribution in [0.3, 0.4) is 0 Å². The van der Waals surface area contributed by atoms with E-state index >= 15 is 0 Å². The Morgan fingerprint density at radius 2 is 1.14 bits per heavy atom. The fourth-order valence-electron chi connectivity index (χ4n) is 3.07. The van der Waals surface area contributed by atoms with Crippen LogP contribution in [0, 0.1) is 5.92 Å². The number of esters is 2. The summed E-state index contributed by atoms with van der Waals surface area (Å²) >= 11 is 0. The van der Waals surface area contributed by atoms with E-state index in [9.17, 15) is 9.59 Å². The Balaban J connectivity index is 4.03. The van der Waals surface area contributed by atoms with Gasteiger partial charge in [-0.2, -0.15) is 0 Å². The maximum Gasteiger partial charge on any atom is 0.305 e. The molecule has 0 heterocycles. The van der Waals surface area contributed by atoms with Crippen molar-refractivity contribution in [2.24, 2.45) is 5.92 Å². The van der Waals surface area contributed by atoms with Gasteiger partial charge in [0.2, 0.25) is 0 Å². The molecule has 0 aliphatic carbocycles. The summed E-state index contributed by atoms with van der Waals surface area (Å²) in [5, 5.41) is 8.96. The van der Waals surface area contributed by atoms with Gasteiger partial charge in [0.25, 0.3) is 0 Å². The van der Waals surface area contributed by atoms with Gasteiger partial charge in [0.05, 0.1) is 13.2 Å². The zero-order chi connectivity index (χ0) is 20.9. The highest BCUT2D eigenvalue weighted by atomic mass is 16.5. The van der Waals surface area contributed by atoms with E-state index in [1.165, 1.54) is 38.5 Å². The molecule has 0 aromatic heterocycles. The van der Waals surface area contributed by atoms with Crippen molar-refractivity contribution in [3.63, 3.8) is 0 Å². The van der Waals surface area contributed by atoms with Crippen molar-refractivity contribution < 1.29 is 24.2 Å². The van der Waals surface area contributed by atoms with Crippen LogP contribution in [-0.4, -0.2) is 36.9 Å². The van der Waals surface area contributed by atoms with Crippen LogP contribution < -0.4 is 0 Å². The highest BCUT2D eigenvalue weighted by molar-refractivity contribution is 5.69. The van der Waals surface area contributed by atoms with Gasteiger partial charge >= 0.3 is 11.9 Å². The molecule has 0 amide bonds.